The van der Waals surface area contributed by atoms with E-state index in [1.165, 1.54) is 30.5 Å². The molecule has 0 aliphatic carbocycles. The highest BCUT2D eigenvalue weighted by Crippen LogP contribution is 2.34. The van der Waals surface area contributed by atoms with Crippen LogP contribution in [0.2, 0.25) is 5.02 Å². The first-order chi connectivity index (χ1) is 8.52. The smallest absolute Gasteiger partial charge is 0.0642 e. The highest BCUT2D eigenvalue weighted by atomic mass is 79.9. The monoisotopic (exact) mass is 329 g/mol. The van der Waals surface area contributed by atoms with Crippen molar-refractivity contribution in [2.24, 2.45) is 5.41 Å². The van der Waals surface area contributed by atoms with Crippen molar-refractivity contribution in [2.45, 2.75) is 38.4 Å². The molecule has 0 amide bonds. The highest BCUT2D eigenvalue weighted by molar-refractivity contribution is 9.08. The van der Waals surface area contributed by atoms with E-state index in [1.807, 2.05) is 0 Å². The molecule has 3 heteroatoms. The fourth-order valence-corrected chi connectivity index (χ4v) is 3.23. The predicted molar refractivity (Wildman–Crippen MR) is 83.9 cm³/mol. The Kier molecular flexibility index (Phi) is 4.60. The van der Waals surface area contributed by atoms with E-state index in [4.69, 9.17) is 11.6 Å². The van der Waals surface area contributed by atoms with Crippen LogP contribution in [0, 0.1) is 5.41 Å². The van der Waals surface area contributed by atoms with Gasteiger partial charge in [0.05, 0.1) is 10.7 Å². The Morgan fingerprint density at radius 3 is 2.72 bits per heavy atom. The molecule has 100 valence electrons. The number of hydrogen-bond acceptors (Lipinski definition) is 1. The third-order valence-corrected chi connectivity index (χ3v) is 4.80. The number of nitrogens with zero attached hydrogens (tertiary/aromatic N) is 1. The van der Waals surface area contributed by atoms with Gasteiger partial charge in [-0.2, -0.15) is 0 Å². The topological polar surface area (TPSA) is 3.24 Å². The van der Waals surface area contributed by atoms with Crippen LogP contribution in [0.1, 0.15) is 38.7 Å². The summed E-state index contributed by atoms with van der Waals surface area (Å²) in [6, 6.07) is 6.39. The first kappa shape index (κ1) is 14.2. The number of halogens is 2. The Labute approximate surface area is 124 Å². The van der Waals surface area contributed by atoms with E-state index in [0.29, 0.717) is 5.41 Å². The van der Waals surface area contributed by atoms with Crippen LogP contribution < -0.4 is 4.90 Å². The summed E-state index contributed by atoms with van der Waals surface area (Å²) in [6.07, 6.45) is 3.80. The molecular weight excluding hydrogens is 310 g/mol. The van der Waals surface area contributed by atoms with E-state index < -0.39 is 0 Å². The number of anilines is 1. The van der Waals surface area contributed by atoms with Gasteiger partial charge < -0.3 is 4.90 Å². The van der Waals surface area contributed by atoms with E-state index in [9.17, 15) is 0 Å². The van der Waals surface area contributed by atoms with Gasteiger partial charge in [0, 0.05) is 18.4 Å². The lowest BCUT2D eigenvalue weighted by Crippen LogP contribution is -2.25. The van der Waals surface area contributed by atoms with Crippen molar-refractivity contribution in [3.05, 3.63) is 28.8 Å². The predicted octanol–water partition coefficient (Wildman–Crippen LogP) is 5.25. The molecule has 1 aliphatic heterocycles. The van der Waals surface area contributed by atoms with Crippen molar-refractivity contribution in [3.8, 4) is 0 Å². The zero-order valence-corrected chi connectivity index (χ0v) is 13.5. The van der Waals surface area contributed by atoms with Crippen LogP contribution in [-0.4, -0.2) is 13.1 Å². The summed E-state index contributed by atoms with van der Waals surface area (Å²) in [5.74, 6) is 0. The molecule has 0 aromatic heterocycles. The van der Waals surface area contributed by atoms with Gasteiger partial charge in [-0.25, -0.2) is 0 Å². The lowest BCUT2D eigenvalue weighted by Gasteiger charge is -2.25. The summed E-state index contributed by atoms with van der Waals surface area (Å²) in [4.78, 5) is 2.44. The molecule has 2 rings (SSSR count). The Morgan fingerprint density at radius 1 is 1.28 bits per heavy atom. The summed E-state index contributed by atoms with van der Waals surface area (Å²) in [6.45, 7) is 6.97. The Bertz CT molecular complexity index is 417. The third-order valence-electron chi connectivity index (χ3n) is 3.85. The molecule has 0 atom stereocenters. The summed E-state index contributed by atoms with van der Waals surface area (Å²) in [7, 11) is 0. The van der Waals surface area contributed by atoms with Crippen molar-refractivity contribution < 1.29 is 0 Å². The van der Waals surface area contributed by atoms with Crippen molar-refractivity contribution >= 4 is 33.2 Å². The van der Waals surface area contributed by atoms with E-state index in [1.54, 1.807) is 0 Å². The van der Waals surface area contributed by atoms with E-state index in [-0.39, 0.29) is 0 Å². The zero-order valence-electron chi connectivity index (χ0n) is 11.2. The second-order valence-electron chi connectivity index (χ2n) is 5.92. The van der Waals surface area contributed by atoms with Gasteiger partial charge in [0.2, 0.25) is 0 Å². The average Bonchev–Trinajstić information content (AvgIpc) is 2.50. The van der Waals surface area contributed by atoms with Gasteiger partial charge in [0.1, 0.15) is 0 Å². The van der Waals surface area contributed by atoms with Gasteiger partial charge in [-0.3, -0.25) is 0 Å². The second kappa shape index (κ2) is 5.83. The highest BCUT2D eigenvalue weighted by Gasteiger charge is 2.23. The molecule has 0 spiro atoms. The standard InChI is InChI=1S/C15H21BrClN/c1-15(2)6-3-8-18(9-7-15)14-5-4-12(11-16)10-13(14)17/h4-5,10H,3,6-9,11H2,1-2H3. The maximum absolute atomic E-state index is 6.40. The van der Waals surface area contributed by atoms with Crippen LogP contribution in [0.3, 0.4) is 0 Å². The van der Waals surface area contributed by atoms with Crippen LogP contribution in [0.4, 0.5) is 5.69 Å². The van der Waals surface area contributed by atoms with E-state index in [0.717, 1.165) is 23.4 Å². The first-order valence-electron chi connectivity index (χ1n) is 6.61. The minimum absolute atomic E-state index is 0.469. The molecule has 0 radical (unpaired) electrons. The Balaban J connectivity index is 2.16. The van der Waals surface area contributed by atoms with Crippen LogP contribution in [0.25, 0.3) is 0 Å². The second-order valence-corrected chi connectivity index (χ2v) is 6.89. The lowest BCUT2D eigenvalue weighted by molar-refractivity contribution is 0.325. The molecule has 1 fully saturated rings. The number of benzene rings is 1. The molecule has 1 saturated heterocycles. The molecule has 0 N–H and O–H groups in total. The van der Waals surface area contributed by atoms with Crippen molar-refractivity contribution in [2.75, 3.05) is 18.0 Å². The molecule has 18 heavy (non-hydrogen) atoms. The van der Waals surface area contributed by atoms with Crippen molar-refractivity contribution in [3.63, 3.8) is 0 Å². The minimum atomic E-state index is 0.469. The molecule has 0 bridgehead atoms. The largest absolute Gasteiger partial charge is 0.370 e. The van der Waals surface area contributed by atoms with Gasteiger partial charge in [-0.1, -0.05) is 47.4 Å². The van der Waals surface area contributed by atoms with Crippen LogP contribution in [-0.2, 0) is 5.33 Å². The van der Waals surface area contributed by atoms with Gasteiger partial charge in [0.15, 0.2) is 0 Å². The Hall–Kier alpha value is -0.210. The summed E-state index contributed by atoms with van der Waals surface area (Å²) in [5, 5.41) is 1.74. The van der Waals surface area contributed by atoms with Gasteiger partial charge in [-0.15, -0.1) is 0 Å². The summed E-state index contributed by atoms with van der Waals surface area (Å²) >= 11 is 9.87. The van der Waals surface area contributed by atoms with Crippen molar-refractivity contribution in [1.82, 2.24) is 0 Å². The molecular formula is C15H21BrClN. The van der Waals surface area contributed by atoms with E-state index in [2.05, 4.69) is 52.9 Å². The fraction of sp³-hybridized carbons (Fsp3) is 0.600. The SMILES string of the molecule is CC1(C)CCCN(c2ccc(CBr)cc2Cl)CC1. The lowest BCUT2D eigenvalue weighted by atomic mass is 9.85. The van der Waals surface area contributed by atoms with Gasteiger partial charge in [0.25, 0.3) is 0 Å². The molecule has 0 unspecified atom stereocenters. The number of rotatable bonds is 2. The van der Waals surface area contributed by atoms with Gasteiger partial charge >= 0.3 is 0 Å². The number of hydrogen-bond donors (Lipinski definition) is 0. The van der Waals surface area contributed by atoms with E-state index >= 15 is 0 Å². The fourth-order valence-electron chi connectivity index (χ4n) is 2.55. The maximum atomic E-state index is 6.40. The Morgan fingerprint density at radius 2 is 2.06 bits per heavy atom. The minimum Gasteiger partial charge on any atom is -0.370 e. The summed E-state index contributed by atoms with van der Waals surface area (Å²) < 4.78 is 0. The average molecular weight is 331 g/mol. The quantitative estimate of drug-likeness (QED) is 0.669. The van der Waals surface area contributed by atoms with Gasteiger partial charge in [-0.05, 0) is 42.4 Å². The third kappa shape index (κ3) is 3.42. The molecule has 1 aromatic carbocycles. The zero-order chi connectivity index (χ0) is 13.2. The first-order valence-corrected chi connectivity index (χ1v) is 8.11. The normalized spacial score (nSPS) is 19.7. The van der Waals surface area contributed by atoms with Crippen LogP contribution >= 0.6 is 27.5 Å². The summed E-state index contributed by atoms with van der Waals surface area (Å²) in [5.41, 5.74) is 2.90. The van der Waals surface area contributed by atoms with Crippen molar-refractivity contribution in [1.29, 1.82) is 0 Å². The molecule has 1 nitrogen and oxygen atoms in total. The number of alkyl halides is 1. The molecule has 0 saturated carbocycles. The maximum Gasteiger partial charge on any atom is 0.0642 e. The molecule has 1 aliphatic rings. The molecule has 1 heterocycles. The van der Waals surface area contributed by atoms with Crippen LogP contribution in [0.15, 0.2) is 18.2 Å². The van der Waals surface area contributed by atoms with Crippen LogP contribution in [0.5, 0.6) is 0 Å². The molecule has 1 aromatic rings.